The van der Waals surface area contributed by atoms with E-state index in [2.05, 4.69) is 39.8 Å². The van der Waals surface area contributed by atoms with E-state index in [1.807, 2.05) is 36.1 Å². The highest BCUT2D eigenvalue weighted by molar-refractivity contribution is 6.33. The van der Waals surface area contributed by atoms with E-state index < -0.39 is 0 Å². The van der Waals surface area contributed by atoms with Crippen molar-refractivity contribution in [1.82, 2.24) is 15.1 Å². The molecule has 0 aromatic heterocycles. The van der Waals surface area contributed by atoms with Gasteiger partial charge < -0.3 is 10.2 Å². The first-order valence-corrected chi connectivity index (χ1v) is 10.8. The van der Waals surface area contributed by atoms with Crippen molar-refractivity contribution in [3.8, 4) is 17.2 Å². The normalized spacial score (nSPS) is 21.4. The van der Waals surface area contributed by atoms with Crippen LogP contribution < -0.4 is 10.6 Å². The quantitative estimate of drug-likeness (QED) is 0.782. The summed E-state index contributed by atoms with van der Waals surface area (Å²) in [6.07, 6.45) is 0.797. The van der Waals surface area contributed by atoms with Crippen molar-refractivity contribution in [3.05, 3.63) is 53.1 Å². The minimum absolute atomic E-state index is 0.0105. The van der Waals surface area contributed by atoms with Gasteiger partial charge in [-0.2, -0.15) is 5.26 Å². The van der Waals surface area contributed by atoms with Crippen LogP contribution in [0.25, 0.3) is 11.1 Å². The van der Waals surface area contributed by atoms with Crippen LogP contribution in [-0.4, -0.2) is 48.1 Å². The van der Waals surface area contributed by atoms with Crippen LogP contribution in [0.3, 0.4) is 0 Å². The lowest BCUT2D eigenvalue weighted by atomic mass is 9.98. The average molecular weight is 424 g/mol. The van der Waals surface area contributed by atoms with Crippen LogP contribution in [0.4, 0.5) is 5.69 Å². The summed E-state index contributed by atoms with van der Waals surface area (Å²) in [6.45, 7) is 4.56. The minimum atomic E-state index is -0.0876. The molecule has 2 unspecified atom stereocenters. The van der Waals surface area contributed by atoms with E-state index in [1.54, 1.807) is 0 Å². The minimum Gasteiger partial charge on any atom is -0.372 e. The molecule has 156 valence electrons. The lowest BCUT2D eigenvalue weighted by Crippen LogP contribution is -2.58. The Morgan fingerprint density at radius 3 is 2.80 bits per heavy atom. The van der Waals surface area contributed by atoms with Gasteiger partial charge in [0, 0.05) is 47.9 Å². The van der Waals surface area contributed by atoms with Gasteiger partial charge >= 0.3 is 0 Å². The van der Waals surface area contributed by atoms with E-state index in [4.69, 9.17) is 11.6 Å². The summed E-state index contributed by atoms with van der Waals surface area (Å²) in [5.74, 6) is 0.115. The third-order valence-corrected chi connectivity index (χ3v) is 6.23. The molecule has 0 spiro atoms. The van der Waals surface area contributed by atoms with Crippen molar-refractivity contribution in [2.45, 2.75) is 32.0 Å². The Hall–Kier alpha value is -2.59. The van der Waals surface area contributed by atoms with Crippen molar-refractivity contribution >= 4 is 23.2 Å². The lowest BCUT2D eigenvalue weighted by molar-refractivity contribution is -0.136. The summed E-state index contributed by atoms with van der Waals surface area (Å²) in [4.78, 5) is 16.5. The molecule has 30 heavy (non-hydrogen) atoms. The number of carbonyl (C=O) groups is 1. The second-order valence-electron chi connectivity index (χ2n) is 7.70. The van der Waals surface area contributed by atoms with Crippen molar-refractivity contribution < 1.29 is 4.79 Å². The van der Waals surface area contributed by atoms with Crippen LogP contribution in [0.2, 0.25) is 5.02 Å². The van der Waals surface area contributed by atoms with E-state index in [9.17, 15) is 10.1 Å². The Balaban J connectivity index is 1.61. The third-order valence-electron chi connectivity index (χ3n) is 5.92. The molecule has 4 rings (SSSR count). The van der Waals surface area contributed by atoms with Gasteiger partial charge in [0.1, 0.15) is 0 Å². The molecule has 2 aromatic carbocycles. The standard InChI is InChI=1S/C23H26ClN5O/c1-2-22(30)29-11-10-28(14-17(29)8-9-25)23-19-12-20(24)18(13-21(19)26-15-27-23)16-6-4-3-5-7-16/h3-7,12-13,17,23,26-27H,2,8,10-11,14-15H2,1H3. The van der Waals surface area contributed by atoms with Gasteiger partial charge in [0.25, 0.3) is 0 Å². The highest BCUT2D eigenvalue weighted by Crippen LogP contribution is 2.38. The van der Waals surface area contributed by atoms with Gasteiger partial charge in [-0.3, -0.25) is 15.0 Å². The van der Waals surface area contributed by atoms with E-state index in [0.717, 1.165) is 28.9 Å². The molecule has 1 amide bonds. The fourth-order valence-electron chi connectivity index (χ4n) is 4.41. The van der Waals surface area contributed by atoms with Gasteiger partial charge in [0.15, 0.2) is 0 Å². The van der Waals surface area contributed by atoms with E-state index in [1.165, 1.54) is 0 Å². The van der Waals surface area contributed by atoms with Gasteiger partial charge in [-0.15, -0.1) is 0 Å². The number of nitriles is 1. The molecule has 0 saturated carbocycles. The van der Waals surface area contributed by atoms with Crippen molar-refractivity contribution in [2.24, 2.45) is 0 Å². The fourth-order valence-corrected chi connectivity index (χ4v) is 4.69. The number of anilines is 1. The van der Waals surface area contributed by atoms with Crippen molar-refractivity contribution in [3.63, 3.8) is 0 Å². The number of nitrogens with one attached hydrogen (secondary N) is 2. The first-order chi connectivity index (χ1) is 14.6. The van der Waals surface area contributed by atoms with Crippen LogP contribution in [0.15, 0.2) is 42.5 Å². The average Bonchev–Trinajstić information content (AvgIpc) is 2.78. The summed E-state index contributed by atoms with van der Waals surface area (Å²) in [7, 11) is 0. The molecule has 2 aliphatic rings. The first kappa shape index (κ1) is 20.7. The van der Waals surface area contributed by atoms with E-state index >= 15 is 0 Å². The van der Waals surface area contributed by atoms with Crippen LogP contribution in [0, 0.1) is 11.3 Å². The number of nitrogens with zero attached hydrogens (tertiary/aromatic N) is 3. The number of halogens is 1. The molecule has 2 N–H and O–H groups in total. The molecule has 2 atom stereocenters. The highest BCUT2D eigenvalue weighted by Gasteiger charge is 2.35. The van der Waals surface area contributed by atoms with Gasteiger partial charge in [0.05, 0.1) is 31.4 Å². The number of hydrogen-bond donors (Lipinski definition) is 2. The molecule has 1 fully saturated rings. The molecule has 7 heteroatoms. The molecule has 6 nitrogen and oxygen atoms in total. The topological polar surface area (TPSA) is 71.4 Å². The maximum absolute atomic E-state index is 12.3. The molecular formula is C23H26ClN5O. The van der Waals surface area contributed by atoms with Gasteiger partial charge in [-0.05, 0) is 17.7 Å². The van der Waals surface area contributed by atoms with Crippen LogP contribution in [-0.2, 0) is 4.79 Å². The van der Waals surface area contributed by atoms with Crippen molar-refractivity contribution in [1.29, 1.82) is 5.26 Å². The fraction of sp³-hybridized carbons (Fsp3) is 0.391. The molecule has 1 saturated heterocycles. The maximum atomic E-state index is 12.3. The molecule has 2 heterocycles. The number of rotatable bonds is 4. The Morgan fingerprint density at radius 2 is 2.07 bits per heavy atom. The Kier molecular flexibility index (Phi) is 6.24. The summed E-state index contributed by atoms with van der Waals surface area (Å²) >= 11 is 6.69. The number of fused-ring (bicyclic) bond motifs is 1. The van der Waals surface area contributed by atoms with Crippen LogP contribution >= 0.6 is 11.6 Å². The Morgan fingerprint density at radius 1 is 1.27 bits per heavy atom. The monoisotopic (exact) mass is 423 g/mol. The van der Waals surface area contributed by atoms with Crippen LogP contribution in [0.1, 0.15) is 31.5 Å². The Labute approximate surface area is 182 Å². The molecular weight excluding hydrogens is 398 g/mol. The molecule has 2 aliphatic heterocycles. The Bertz CT molecular complexity index is 958. The SMILES string of the molecule is CCC(=O)N1CCN(C2NCNc3cc(-c4ccccc4)c(Cl)cc32)CC1CC#N. The highest BCUT2D eigenvalue weighted by atomic mass is 35.5. The molecule has 0 bridgehead atoms. The number of hydrogen-bond acceptors (Lipinski definition) is 5. The zero-order valence-electron chi connectivity index (χ0n) is 17.1. The number of benzene rings is 2. The molecule has 0 radical (unpaired) electrons. The number of amides is 1. The lowest BCUT2D eigenvalue weighted by Gasteiger charge is -2.45. The van der Waals surface area contributed by atoms with Crippen molar-refractivity contribution in [2.75, 3.05) is 31.6 Å². The van der Waals surface area contributed by atoms with Gasteiger partial charge in [-0.1, -0.05) is 48.9 Å². The smallest absolute Gasteiger partial charge is 0.222 e. The maximum Gasteiger partial charge on any atom is 0.222 e. The summed E-state index contributed by atoms with van der Waals surface area (Å²) in [5.41, 5.74) is 4.25. The molecule has 0 aliphatic carbocycles. The second-order valence-corrected chi connectivity index (χ2v) is 8.10. The summed E-state index contributed by atoms with van der Waals surface area (Å²) in [6, 6.07) is 16.4. The van der Waals surface area contributed by atoms with E-state index in [0.29, 0.717) is 37.6 Å². The predicted octanol–water partition coefficient (Wildman–Crippen LogP) is 3.81. The second kappa shape index (κ2) is 9.05. The van der Waals surface area contributed by atoms with Crippen LogP contribution in [0.5, 0.6) is 0 Å². The van der Waals surface area contributed by atoms with Gasteiger partial charge in [0.2, 0.25) is 5.91 Å². The zero-order valence-corrected chi connectivity index (χ0v) is 17.8. The summed E-state index contributed by atoms with van der Waals surface area (Å²) in [5, 5.41) is 16.9. The number of piperazine rings is 1. The first-order valence-electron chi connectivity index (χ1n) is 10.4. The van der Waals surface area contributed by atoms with E-state index in [-0.39, 0.29) is 18.1 Å². The number of carbonyl (C=O) groups excluding carboxylic acids is 1. The van der Waals surface area contributed by atoms with Gasteiger partial charge in [-0.25, -0.2) is 0 Å². The predicted molar refractivity (Wildman–Crippen MR) is 119 cm³/mol. The molecule has 2 aromatic rings. The largest absolute Gasteiger partial charge is 0.372 e. The summed E-state index contributed by atoms with van der Waals surface area (Å²) < 4.78 is 0. The zero-order chi connectivity index (χ0) is 21.1. The third kappa shape index (κ3) is 4.01.